The lowest BCUT2D eigenvalue weighted by atomic mass is 10.1. The molecule has 0 saturated heterocycles. The Morgan fingerprint density at radius 3 is 2.33 bits per heavy atom. The first kappa shape index (κ1) is 20.0. The summed E-state index contributed by atoms with van der Waals surface area (Å²) in [5.74, 6) is 1.06. The molecule has 0 bridgehead atoms. The van der Waals surface area contributed by atoms with Crippen LogP contribution in [-0.4, -0.2) is 33.3 Å². The Balaban J connectivity index is 1.39. The Kier molecular flexibility index (Phi) is 6.61. The molecule has 4 rings (SSSR count). The Labute approximate surface area is 178 Å². The summed E-state index contributed by atoms with van der Waals surface area (Å²) in [6.45, 7) is 1.20. The number of hydrogen-bond acceptors (Lipinski definition) is 6. The third-order valence-electron chi connectivity index (χ3n) is 4.54. The summed E-state index contributed by atoms with van der Waals surface area (Å²) >= 11 is 1.23. The maximum absolute atomic E-state index is 13.0. The van der Waals surface area contributed by atoms with Crippen LogP contribution in [0.1, 0.15) is 11.1 Å². The van der Waals surface area contributed by atoms with Crippen molar-refractivity contribution < 1.29 is 13.6 Å². The molecule has 6 nitrogen and oxygen atoms in total. The second-order valence-corrected chi connectivity index (χ2v) is 7.60. The van der Waals surface area contributed by atoms with Gasteiger partial charge in [-0.05, 0) is 29.7 Å². The summed E-state index contributed by atoms with van der Waals surface area (Å²) in [6, 6.07) is 23.7. The van der Waals surface area contributed by atoms with Gasteiger partial charge in [-0.15, -0.1) is 10.2 Å². The van der Waals surface area contributed by atoms with Crippen molar-refractivity contribution in [3.63, 3.8) is 0 Å². The van der Waals surface area contributed by atoms with Crippen LogP contribution < -0.4 is 0 Å². The molecule has 30 heavy (non-hydrogen) atoms. The Hall–Kier alpha value is -3.32. The van der Waals surface area contributed by atoms with E-state index >= 15 is 0 Å². The number of amides is 1. The molecular weight excluding hydrogens is 398 g/mol. The van der Waals surface area contributed by atoms with Crippen LogP contribution >= 0.6 is 11.8 Å². The van der Waals surface area contributed by atoms with E-state index in [-0.39, 0.29) is 11.7 Å². The van der Waals surface area contributed by atoms with E-state index in [4.69, 9.17) is 8.83 Å². The molecule has 152 valence electrons. The van der Waals surface area contributed by atoms with E-state index in [1.165, 1.54) is 17.3 Å². The average Bonchev–Trinajstić information content (AvgIpc) is 3.48. The first-order valence-electron chi connectivity index (χ1n) is 9.64. The molecule has 0 fully saturated rings. The first-order chi connectivity index (χ1) is 14.8. The standard InChI is InChI=1S/C23H21N3O3S/c27-21(17-30-23-25-24-22(29-23)20-12-7-15-28-20)26(16-19-10-5-2-6-11-19)14-13-18-8-3-1-4-9-18/h1-12,15H,13-14,16-17H2. The molecule has 0 atom stereocenters. The fraction of sp³-hybridized carbons (Fsp3) is 0.174. The van der Waals surface area contributed by atoms with Crippen molar-refractivity contribution >= 4 is 17.7 Å². The highest BCUT2D eigenvalue weighted by Crippen LogP contribution is 2.23. The quantitative estimate of drug-likeness (QED) is 0.366. The summed E-state index contributed by atoms with van der Waals surface area (Å²) in [6.07, 6.45) is 2.34. The van der Waals surface area contributed by atoms with Crippen molar-refractivity contribution in [1.82, 2.24) is 15.1 Å². The molecule has 0 aliphatic carbocycles. The molecule has 0 aliphatic rings. The van der Waals surface area contributed by atoms with E-state index in [0.717, 1.165) is 12.0 Å². The fourth-order valence-corrected chi connectivity index (χ4v) is 3.65. The number of aromatic nitrogens is 2. The summed E-state index contributed by atoms with van der Waals surface area (Å²) in [4.78, 5) is 14.8. The molecule has 2 aromatic carbocycles. The van der Waals surface area contributed by atoms with Crippen LogP contribution in [0.4, 0.5) is 0 Å². The fourth-order valence-electron chi connectivity index (χ4n) is 2.99. The van der Waals surface area contributed by atoms with Crippen molar-refractivity contribution in [3.8, 4) is 11.7 Å². The van der Waals surface area contributed by atoms with Gasteiger partial charge in [0.15, 0.2) is 5.76 Å². The van der Waals surface area contributed by atoms with Crippen molar-refractivity contribution in [2.45, 2.75) is 18.2 Å². The summed E-state index contributed by atoms with van der Waals surface area (Å²) in [5.41, 5.74) is 2.30. The molecule has 1 amide bonds. The maximum Gasteiger partial charge on any atom is 0.284 e. The summed E-state index contributed by atoms with van der Waals surface area (Å²) in [5, 5.41) is 8.31. The molecule has 4 aromatic rings. The molecule has 0 unspecified atom stereocenters. The molecule has 0 saturated carbocycles. The lowest BCUT2D eigenvalue weighted by Crippen LogP contribution is -2.33. The first-order valence-corrected chi connectivity index (χ1v) is 10.6. The second kappa shape index (κ2) is 9.93. The van der Waals surface area contributed by atoms with E-state index in [9.17, 15) is 4.79 Å². The minimum atomic E-state index is 0.0255. The predicted molar refractivity (Wildman–Crippen MR) is 115 cm³/mol. The normalized spacial score (nSPS) is 10.8. The van der Waals surface area contributed by atoms with Gasteiger partial charge >= 0.3 is 0 Å². The van der Waals surface area contributed by atoms with Gasteiger partial charge in [-0.1, -0.05) is 72.4 Å². The van der Waals surface area contributed by atoms with Crippen molar-refractivity contribution in [2.24, 2.45) is 0 Å². The van der Waals surface area contributed by atoms with Gasteiger partial charge < -0.3 is 13.7 Å². The molecule has 2 aromatic heterocycles. The summed E-state index contributed by atoms with van der Waals surface area (Å²) in [7, 11) is 0. The van der Waals surface area contributed by atoms with Gasteiger partial charge in [-0.25, -0.2) is 0 Å². The predicted octanol–water partition coefficient (Wildman–Crippen LogP) is 4.69. The van der Waals surface area contributed by atoms with Gasteiger partial charge in [0.2, 0.25) is 5.91 Å². The molecule has 2 heterocycles. The van der Waals surface area contributed by atoms with Crippen LogP contribution in [0.15, 0.2) is 93.1 Å². The Morgan fingerprint density at radius 1 is 0.900 bits per heavy atom. The van der Waals surface area contributed by atoms with Crippen molar-refractivity contribution in [2.75, 3.05) is 12.3 Å². The highest BCUT2D eigenvalue weighted by Gasteiger charge is 2.17. The SMILES string of the molecule is O=C(CSc1nnc(-c2ccco2)o1)N(CCc1ccccc1)Cc1ccccc1. The van der Waals surface area contributed by atoms with Gasteiger partial charge in [0, 0.05) is 13.1 Å². The molecule has 0 aliphatic heterocycles. The monoisotopic (exact) mass is 419 g/mol. The zero-order valence-corrected chi connectivity index (χ0v) is 17.1. The Morgan fingerprint density at radius 2 is 1.63 bits per heavy atom. The van der Waals surface area contributed by atoms with Gasteiger partial charge in [0.1, 0.15) is 0 Å². The molecule has 7 heteroatoms. The summed E-state index contributed by atoms with van der Waals surface area (Å²) < 4.78 is 10.8. The van der Waals surface area contributed by atoms with Crippen LogP contribution in [0, 0.1) is 0 Å². The lowest BCUT2D eigenvalue weighted by molar-refractivity contribution is -0.128. The van der Waals surface area contributed by atoms with E-state index in [0.29, 0.717) is 30.0 Å². The maximum atomic E-state index is 13.0. The van der Waals surface area contributed by atoms with E-state index in [1.54, 1.807) is 18.4 Å². The van der Waals surface area contributed by atoms with Crippen LogP contribution in [0.25, 0.3) is 11.7 Å². The minimum absolute atomic E-state index is 0.0255. The topological polar surface area (TPSA) is 72.4 Å². The highest BCUT2D eigenvalue weighted by atomic mass is 32.2. The second-order valence-electron chi connectivity index (χ2n) is 6.68. The highest BCUT2D eigenvalue weighted by molar-refractivity contribution is 7.99. The van der Waals surface area contributed by atoms with Crippen molar-refractivity contribution in [1.29, 1.82) is 0 Å². The lowest BCUT2D eigenvalue weighted by Gasteiger charge is -2.22. The number of carbonyl (C=O) groups is 1. The zero-order valence-electron chi connectivity index (χ0n) is 16.3. The average molecular weight is 420 g/mol. The number of furan rings is 1. The number of rotatable bonds is 9. The van der Waals surface area contributed by atoms with E-state index in [1.807, 2.05) is 53.4 Å². The van der Waals surface area contributed by atoms with Crippen LogP contribution in [-0.2, 0) is 17.8 Å². The van der Waals surface area contributed by atoms with Crippen LogP contribution in [0.5, 0.6) is 0 Å². The number of hydrogen-bond donors (Lipinski definition) is 0. The third-order valence-corrected chi connectivity index (χ3v) is 5.34. The Bertz CT molecular complexity index is 1050. The van der Waals surface area contributed by atoms with Gasteiger partial charge in [0.05, 0.1) is 12.0 Å². The number of thioether (sulfide) groups is 1. The minimum Gasteiger partial charge on any atom is -0.459 e. The van der Waals surface area contributed by atoms with Crippen LogP contribution in [0.2, 0.25) is 0 Å². The molecular formula is C23H21N3O3S. The van der Waals surface area contributed by atoms with Gasteiger partial charge in [-0.3, -0.25) is 4.79 Å². The van der Waals surface area contributed by atoms with Crippen LogP contribution in [0.3, 0.4) is 0 Å². The number of benzene rings is 2. The van der Waals surface area contributed by atoms with Gasteiger partial charge in [0.25, 0.3) is 11.1 Å². The van der Waals surface area contributed by atoms with Gasteiger partial charge in [-0.2, -0.15) is 0 Å². The smallest absolute Gasteiger partial charge is 0.284 e. The molecule has 0 N–H and O–H groups in total. The van der Waals surface area contributed by atoms with E-state index < -0.39 is 0 Å². The largest absolute Gasteiger partial charge is 0.459 e. The van der Waals surface area contributed by atoms with E-state index in [2.05, 4.69) is 22.3 Å². The number of nitrogens with zero attached hydrogens (tertiary/aromatic N) is 3. The number of carbonyl (C=O) groups excluding carboxylic acids is 1. The molecule has 0 spiro atoms. The third kappa shape index (κ3) is 5.39. The molecule has 0 radical (unpaired) electrons. The zero-order chi connectivity index (χ0) is 20.6. The van der Waals surface area contributed by atoms with Crippen molar-refractivity contribution in [3.05, 3.63) is 90.2 Å².